The Kier molecular flexibility index (Phi) is 3.50. The van der Waals surface area contributed by atoms with Gasteiger partial charge in [0.2, 0.25) is 5.91 Å². The molecule has 0 spiro atoms. The normalized spacial score (nSPS) is 38.1. The summed E-state index contributed by atoms with van der Waals surface area (Å²) in [6.07, 6.45) is 3.41. The average Bonchev–Trinajstić information content (AvgIpc) is 2.72. The van der Waals surface area contributed by atoms with Crippen molar-refractivity contribution in [2.75, 3.05) is 19.6 Å². The smallest absolute Gasteiger partial charge is 0.227 e. The van der Waals surface area contributed by atoms with E-state index in [-0.39, 0.29) is 17.4 Å². The van der Waals surface area contributed by atoms with E-state index < -0.39 is 0 Å². The molecule has 16 heavy (non-hydrogen) atoms. The summed E-state index contributed by atoms with van der Waals surface area (Å²) in [5.74, 6) is 0.684. The molecule has 4 heteroatoms. The first-order valence-electron chi connectivity index (χ1n) is 6.33. The fourth-order valence-corrected chi connectivity index (χ4v) is 2.69. The molecular formula is C12H22N2O2. The van der Waals surface area contributed by atoms with E-state index in [1.165, 1.54) is 0 Å². The zero-order chi connectivity index (χ0) is 11.6. The van der Waals surface area contributed by atoms with Crippen molar-refractivity contribution in [3.8, 4) is 0 Å². The molecule has 1 aliphatic heterocycles. The zero-order valence-electron chi connectivity index (χ0n) is 9.96. The predicted octanol–water partition coefficient (Wildman–Crippen LogP) is 0.263. The Hall–Kier alpha value is -0.610. The van der Waals surface area contributed by atoms with Crippen LogP contribution in [0.3, 0.4) is 0 Å². The summed E-state index contributed by atoms with van der Waals surface area (Å²) in [6, 6.07) is 0. The number of aliphatic hydroxyl groups excluding tert-OH is 1. The largest absolute Gasteiger partial charge is 0.393 e. The molecule has 1 unspecified atom stereocenters. The van der Waals surface area contributed by atoms with Crippen LogP contribution in [0.1, 0.15) is 32.6 Å². The number of amides is 1. The van der Waals surface area contributed by atoms with Gasteiger partial charge in [0.25, 0.3) is 0 Å². The van der Waals surface area contributed by atoms with Crippen LogP contribution in [-0.4, -0.2) is 36.8 Å². The molecule has 3 N–H and O–H groups in total. The van der Waals surface area contributed by atoms with Crippen molar-refractivity contribution in [1.29, 1.82) is 0 Å². The minimum absolute atomic E-state index is 0.129. The number of carbonyl (C=O) groups excluding carboxylic acids is 1. The highest BCUT2D eigenvalue weighted by atomic mass is 16.3. The van der Waals surface area contributed by atoms with Gasteiger partial charge in [-0.25, -0.2) is 0 Å². The first kappa shape index (κ1) is 11.9. The van der Waals surface area contributed by atoms with Crippen molar-refractivity contribution < 1.29 is 9.90 Å². The fraction of sp³-hybridized carbons (Fsp3) is 0.917. The van der Waals surface area contributed by atoms with Crippen molar-refractivity contribution >= 4 is 5.91 Å². The van der Waals surface area contributed by atoms with E-state index in [0.29, 0.717) is 5.92 Å². The van der Waals surface area contributed by atoms with Gasteiger partial charge in [0, 0.05) is 13.1 Å². The van der Waals surface area contributed by atoms with Gasteiger partial charge >= 0.3 is 0 Å². The molecule has 0 aromatic heterocycles. The van der Waals surface area contributed by atoms with E-state index in [1.807, 2.05) is 0 Å². The maximum Gasteiger partial charge on any atom is 0.227 e. The molecule has 0 bridgehead atoms. The highest BCUT2D eigenvalue weighted by Gasteiger charge is 2.39. The van der Waals surface area contributed by atoms with Gasteiger partial charge in [-0.15, -0.1) is 0 Å². The Bertz CT molecular complexity index is 256. The van der Waals surface area contributed by atoms with E-state index in [0.717, 1.165) is 45.3 Å². The second-order valence-corrected chi connectivity index (χ2v) is 5.26. The SMILES string of the molecule is CCC1(C(=O)NCC2CC(O)C2)CCNC1. The quantitative estimate of drug-likeness (QED) is 0.644. The Balaban J connectivity index is 1.78. The third-order valence-electron chi connectivity index (χ3n) is 4.16. The zero-order valence-corrected chi connectivity index (χ0v) is 9.96. The summed E-state index contributed by atoms with van der Waals surface area (Å²) in [7, 11) is 0. The van der Waals surface area contributed by atoms with Crippen LogP contribution in [0.5, 0.6) is 0 Å². The maximum absolute atomic E-state index is 12.1. The number of rotatable bonds is 4. The van der Waals surface area contributed by atoms with Gasteiger partial charge in [-0.3, -0.25) is 4.79 Å². The van der Waals surface area contributed by atoms with Crippen LogP contribution in [-0.2, 0) is 4.79 Å². The topological polar surface area (TPSA) is 61.4 Å². The second kappa shape index (κ2) is 4.72. The molecule has 1 amide bonds. The minimum Gasteiger partial charge on any atom is -0.393 e. The van der Waals surface area contributed by atoms with E-state index in [4.69, 9.17) is 5.11 Å². The summed E-state index contributed by atoms with van der Waals surface area (Å²) in [5, 5.41) is 15.5. The van der Waals surface area contributed by atoms with Crippen LogP contribution in [0.15, 0.2) is 0 Å². The molecule has 0 aromatic carbocycles. The average molecular weight is 226 g/mol. The summed E-state index contributed by atoms with van der Waals surface area (Å²) in [4.78, 5) is 12.1. The lowest BCUT2D eigenvalue weighted by atomic mass is 9.81. The molecule has 1 heterocycles. The third-order valence-corrected chi connectivity index (χ3v) is 4.16. The van der Waals surface area contributed by atoms with Gasteiger partial charge < -0.3 is 15.7 Å². The molecule has 1 saturated carbocycles. The lowest BCUT2D eigenvalue weighted by Crippen LogP contribution is -2.46. The molecule has 0 radical (unpaired) electrons. The number of aliphatic hydroxyl groups is 1. The van der Waals surface area contributed by atoms with Crippen LogP contribution < -0.4 is 10.6 Å². The van der Waals surface area contributed by atoms with Crippen LogP contribution in [0.2, 0.25) is 0 Å². The summed E-state index contributed by atoms with van der Waals surface area (Å²) in [5.41, 5.74) is -0.178. The molecule has 1 saturated heterocycles. The molecule has 0 aromatic rings. The summed E-state index contributed by atoms with van der Waals surface area (Å²) >= 11 is 0. The van der Waals surface area contributed by atoms with Gasteiger partial charge in [-0.2, -0.15) is 0 Å². The van der Waals surface area contributed by atoms with Gasteiger partial charge in [0.1, 0.15) is 0 Å². The monoisotopic (exact) mass is 226 g/mol. The summed E-state index contributed by atoms with van der Waals surface area (Å²) < 4.78 is 0. The highest BCUT2D eigenvalue weighted by molar-refractivity contribution is 5.83. The van der Waals surface area contributed by atoms with Crippen LogP contribution in [0.25, 0.3) is 0 Å². The fourth-order valence-electron chi connectivity index (χ4n) is 2.69. The van der Waals surface area contributed by atoms with Gasteiger partial charge in [-0.05, 0) is 38.1 Å². The third kappa shape index (κ3) is 2.23. The Labute approximate surface area is 96.8 Å². The van der Waals surface area contributed by atoms with Gasteiger partial charge in [0.05, 0.1) is 11.5 Å². The molecule has 92 valence electrons. The highest BCUT2D eigenvalue weighted by Crippen LogP contribution is 2.30. The minimum atomic E-state index is -0.178. The molecular weight excluding hydrogens is 204 g/mol. The second-order valence-electron chi connectivity index (χ2n) is 5.26. The number of nitrogens with one attached hydrogen (secondary N) is 2. The van der Waals surface area contributed by atoms with Crippen LogP contribution in [0, 0.1) is 11.3 Å². The van der Waals surface area contributed by atoms with Gasteiger partial charge in [-0.1, -0.05) is 6.92 Å². The molecule has 1 aliphatic carbocycles. The van der Waals surface area contributed by atoms with Crippen LogP contribution >= 0.6 is 0 Å². The van der Waals surface area contributed by atoms with Crippen molar-refractivity contribution in [2.45, 2.75) is 38.7 Å². The Morgan fingerprint density at radius 1 is 1.56 bits per heavy atom. The number of hydrogen-bond acceptors (Lipinski definition) is 3. The molecule has 1 atom stereocenters. The molecule has 4 nitrogen and oxygen atoms in total. The first-order valence-corrected chi connectivity index (χ1v) is 6.33. The van der Waals surface area contributed by atoms with E-state index in [9.17, 15) is 4.79 Å². The van der Waals surface area contributed by atoms with Crippen molar-refractivity contribution in [2.24, 2.45) is 11.3 Å². The standard InChI is InChI=1S/C12H22N2O2/c1-2-12(3-4-13-8-12)11(16)14-7-9-5-10(15)6-9/h9-10,13,15H,2-8H2,1H3,(H,14,16). The first-order chi connectivity index (χ1) is 7.66. The predicted molar refractivity (Wildman–Crippen MR) is 62.0 cm³/mol. The van der Waals surface area contributed by atoms with E-state index in [1.54, 1.807) is 0 Å². The van der Waals surface area contributed by atoms with E-state index in [2.05, 4.69) is 17.6 Å². The lowest BCUT2D eigenvalue weighted by molar-refractivity contribution is -0.130. The van der Waals surface area contributed by atoms with Crippen molar-refractivity contribution in [3.05, 3.63) is 0 Å². The number of carbonyl (C=O) groups is 1. The lowest BCUT2D eigenvalue weighted by Gasteiger charge is -2.33. The van der Waals surface area contributed by atoms with Gasteiger partial charge in [0.15, 0.2) is 0 Å². The van der Waals surface area contributed by atoms with Crippen molar-refractivity contribution in [1.82, 2.24) is 10.6 Å². The molecule has 2 rings (SSSR count). The maximum atomic E-state index is 12.1. The van der Waals surface area contributed by atoms with Crippen LogP contribution in [0.4, 0.5) is 0 Å². The molecule has 2 fully saturated rings. The molecule has 2 aliphatic rings. The van der Waals surface area contributed by atoms with E-state index >= 15 is 0 Å². The summed E-state index contributed by atoms with van der Waals surface area (Å²) in [6.45, 7) is 4.57. The number of hydrogen-bond donors (Lipinski definition) is 3. The van der Waals surface area contributed by atoms with Crippen molar-refractivity contribution in [3.63, 3.8) is 0 Å². The Morgan fingerprint density at radius 2 is 2.31 bits per heavy atom. The Morgan fingerprint density at radius 3 is 2.81 bits per heavy atom.